The normalized spacial score (nSPS) is 13.9. The summed E-state index contributed by atoms with van der Waals surface area (Å²) in [5, 5.41) is 1.89. The molecule has 0 spiro atoms. The molecule has 0 unspecified atom stereocenters. The van der Waals surface area contributed by atoms with Crippen molar-refractivity contribution in [3.8, 4) is 16.9 Å². The van der Waals surface area contributed by atoms with E-state index < -0.39 is 0 Å². The van der Waals surface area contributed by atoms with Gasteiger partial charge in [0.15, 0.2) is 4.96 Å². The van der Waals surface area contributed by atoms with Gasteiger partial charge in [-0.2, -0.15) is 0 Å². The molecule has 4 aromatic rings. The maximum atomic E-state index is 13.2. The van der Waals surface area contributed by atoms with Crippen molar-refractivity contribution in [3.05, 3.63) is 87.3 Å². The van der Waals surface area contributed by atoms with Crippen molar-refractivity contribution in [1.29, 1.82) is 0 Å². The summed E-state index contributed by atoms with van der Waals surface area (Å²) in [7, 11) is 1.72. The first-order chi connectivity index (χ1) is 14.7. The number of rotatable bonds is 6. The molecule has 30 heavy (non-hydrogen) atoms. The molecule has 2 heterocycles. The van der Waals surface area contributed by atoms with Gasteiger partial charge in [0.1, 0.15) is 5.75 Å². The SMILES string of the molecule is COc1cccc(/C=C/c2nc3sccn3c(=O)c2-c2ccccc2)c1CC1CC1. The molecule has 5 heteroatoms. The molecule has 1 aliphatic rings. The predicted octanol–water partition coefficient (Wildman–Crippen LogP) is 5.55. The second-order valence-electron chi connectivity index (χ2n) is 7.61. The van der Waals surface area contributed by atoms with E-state index in [4.69, 9.17) is 9.72 Å². The molecule has 0 aliphatic heterocycles. The lowest BCUT2D eigenvalue weighted by molar-refractivity contribution is 0.408. The molecule has 1 fully saturated rings. The number of aromatic nitrogens is 2. The Hall–Kier alpha value is -3.18. The van der Waals surface area contributed by atoms with E-state index in [1.54, 1.807) is 17.7 Å². The van der Waals surface area contributed by atoms with Crippen molar-refractivity contribution in [2.45, 2.75) is 19.3 Å². The summed E-state index contributed by atoms with van der Waals surface area (Å²) >= 11 is 1.47. The molecule has 150 valence electrons. The Bertz CT molecular complexity index is 1280. The Morgan fingerprint density at radius 2 is 1.97 bits per heavy atom. The molecule has 4 nitrogen and oxygen atoms in total. The summed E-state index contributed by atoms with van der Waals surface area (Å²) < 4.78 is 7.24. The molecule has 0 radical (unpaired) electrons. The molecular formula is C25H22N2O2S. The molecular weight excluding hydrogens is 392 g/mol. The summed E-state index contributed by atoms with van der Waals surface area (Å²) in [6, 6.07) is 15.9. The fourth-order valence-corrected chi connectivity index (χ4v) is 4.53. The fraction of sp³-hybridized carbons (Fsp3) is 0.200. The molecule has 0 saturated heterocycles. The van der Waals surface area contributed by atoms with Crippen LogP contribution in [0.2, 0.25) is 0 Å². The van der Waals surface area contributed by atoms with Crippen LogP contribution in [-0.4, -0.2) is 16.5 Å². The minimum absolute atomic E-state index is 0.0454. The van der Waals surface area contributed by atoms with E-state index in [9.17, 15) is 4.79 Å². The first kappa shape index (κ1) is 18.8. The Balaban J connectivity index is 1.64. The molecule has 2 aromatic carbocycles. The Morgan fingerprint density at radius 3 is 2.73 bits per heavy atom. The van der Waals surface area contributed by atoms with Gasteiger partial charge in [0, 0.05) is 17.1 Å². The molecule has 2 aromatic heterocycles. The van der Waals surface area contributed by atoms with Crippen LogP contribution >= 0.6 is 11.3 Å². The average Bonchev–Trinajstić information content (AvgIpc) is 3.47. The van der Waals surface area contributed by atoms with Crippen LogP contribution in [0.15, 0.2) is 64.9 Å². The first-order valence-corrected chi connectivity index (χ1v) is 11.0. The summed E-state index contributed by atoms with van der Waals surface area (Å²) in [5.74, 6) is 1.67. The van der Waals surface area contributed by atoms with E-state index in [2.05, 4.69) is 12.1 Å². The van der Waals surface area contributed by atoms with E-state index in [-0.39, 0.29) is 5.56 Å². The second kappa shape index (κ2) is 7.92. The average molecular weight is 415 g/mol. The van der Waals surface area contributed by atoms with Crippen LogP contribution in [0, 0.1) is 5.92 Å². The van der Waals surface area contributed by atoms with E-state index >= 15 is 0 Å². The second-order valence-corrected chi connectivity index (χ2v) is 8.48. The first-order valence-electron chi connectivity index (χ1n) is 10.1. The highest BCUT2D eigenvalue weighted by Gasteiger charge is 2.24. The number of methoxy groups -OCH3 is 1. The van der Waals surface area contributed by atoms with Gasteiger partial charge in [-0.05, 0) is 48.4 Å². The van der Waals surface area contributed by atoms with E-state index in [0.717, 1.165) is 29.2 Å². The largest absolute Gasteiger partial charge is 0.496 e. The van der Waals surface area contributed by atoms with Gasteiger partial charge in [-0.25, -0.2) is 4.98 Å². The van der Waals surface area contributed by atoms with Gasteiger partial charge in [0.05, 0.1) is 18.4 Å². The van der Waals surface area contributed by atoms with Gasteiger partial charge >= 0.3 is 0 Å². The standard InChI is InChI=1S/C25H22N2O2S/c1-29-22-9-5-8-18(20(22)16-17-10-11-17)12-13-21-23(19-6-3-2-4-7-19)24(28)27-14-15-30-25(27)26-21/h2-9,12-15,17H,10-11,16H2,1H3/b13-12+. The monoisotopic (exact) mass is 414 g/mol. The molecule has 0 bridgehead atoms. The van der Waals surface area contributed by atoms with E-state index in [0.29, 0.717) is 16.2 Å². The number of hydrogen-bond acceptors (Lipinski definition) is 4. The Morgan fingerprint density at radius 1 is 1.13 bits per heavy atom. The quantitative estimate of drug-likeness (QED) is 0.415. The number of thiazole rings is 1. The minimum Gasteiger partial charge on any atom is -0.496 e. The zero-order valence-electron chi connectivity index (χ0n) is 16.7. The number of benzene rings is 2. The number of fused-ring (bicyclic) bond motifs is 1. The van der Waals surface area contributed by atoms with Crippen molar-refractivity contribution in [2.75, 3.05) is 7.11 Å². The summed E-state index contributed by atoms with van der Waals surface area (Å²) in [4.78, 5) is 18.7. The highest BCUT2D eigenvalue weighted by Crippen LogP contribution is 2.37. The van der Waals surface area contributed by atoms with Crippen LogP contribution in [0.1, 0.15) is 29.7 Å². The van der Waals surface area contributed by atoms with Crippen molar-refractivity contribution in [3.63, 3.8) is 0 Å². The van der Waals surface area contributed by atoms with Gasteiger partial charge in [-0.3, -0.25) is 9.20 Å². The van der Waals surface area contributed by atoms with Crippen LogP contribution in [0.4, 0.5) is 0 Å². The van der Waals surface area contributed by atoms with Gasteiger partial charge in [-0.1, -0.05) is 48.5 Å². The predicted molar refractivity (Wildman–Crippen MR) is 123 cm³/mol. The third kappa shape index (κ3) is 3.57. The maximum absolute atomic E-state index is 13.2. The molecule has 0 amide bonds. The number of nitrogens with zero attached hydrogens (tertiary/aromatic N) is 2. The zero-order chi connectivity index (χ0) is 20.5. The van der Waals surface area contributed by atoms with Gasteiger partial charge in [-0.15, -0.1) is 11.3 Å². The summed E-state index contributed by atoms with van der Waals surface area (Å²) in [6.07, 6.45) is 9.41. The van der Waals surface area contributed by atoms with Crippen molar-refractivity contribution >= 4 is 28.4 Å². The minimum atomic E-state index is -0.0454. The maximum Gasteiger partial charge on any atom is 0.266 e. The van der Waals surface area contributed by atoms with Crippen molar-refractivity contribution in [1.82, 2.24) is 9.38 Å². The molecule has 1 saturated carbocycles. The number of hydrogen-bond donors (Lipinski definition) is 0. The lowest BCUT2D eigenvalue weighted by atomic mass is 9.99. The van der Waals surface area contributed by atoms with Crippen molar-refractivity contribution < 1.29 is 4.74 Å². The van der Waals surface area contributed by atoms with E-state index in [1.807, 2.05) is 53.9 Å². The highest BCUT2D eigenvalue weighted by molar-refractivity contribution is 7.15. The highest BCUT2D eigenvalue weighted by atomic mass is 32.1. The van der Waals surface area contributed by atoms with Crippen LogP contribution in [0.25, 0.3) is 28.2 Å². The smallest absolute Gasteiger partial charge is 0.266 e. The number of ether oxygens (including phenoxy) is 1. The summed E-state index contributed by atoms with van der Waals surface area (Å²) in [6.45, 7) is 0. The molecule has 0 atom stereocenters. The molecule has 0 N–H and O–H groups in total. The lowest BCUT2D eigenvalue weighted by Crippen LogP contribution is -2.16. The zero-order valence-corrected chi connectivity index (χ0v) is 17.6. The van der Waals surface area contributed by atoms with Gasteiger partial charge in [0.2, 0.25) is 0 Å². The van der Waals surface area contributed by atoms with E-state index in [1.165, 1.54) is 29.7 Å². The van der Waals surface area contributed by atoms with Crippen LogP contribution in [0.3, 0.4) is 0 Å². The molecule has 1 aliphatic carbocycles. The third-order valence-electron chi connectivity index (χ3n) is 5.56. The van der Waals surface area contributed by atoms with Crippen molar-refractivity contribution in [2.24, 2.45) is 5.92 Å². The fourth-order valence-electron chi connectivity index (χ4n) is 3.82. The third-order valence-corrected chi connectivity index (χ3v) is 6.31. The topological polar surface area (TPSA) is 43.6 Å². The Kier molecular flexibility index (Phi) is 4.97. The van der Waals surface area contributed by atoms with Gasteiger partial charge in [0.25, 0.3) is 5.56 Å². The summed E-state index contributed by atoms with van der Waals surface area (Å²) in [5.41, 5.74) is 4.49. The lowest BCUT2D eigenvalue weighted by Gasteiger charge is -2.12. The van der Waals surface area contributed by atoms with Crippen LogP contribution in [0.5, 0.6) is 5.75 Å². The van der Waals surface area contributed by atoms with Crippen LogP contribution < -0.4 is 10.3 Å². The Labute approximate surface area is 179 Å². The van der Waals surface area contributed by atoms with Gasteiger partial charge < -0.3 is 4.74 Å². The molecule has 5 rings (SSSR count). The van der Waals surface area contributed by atoms with Crippen LogP contribution in [-0.2, 0) is 6.42 Å².